The zero-order valence-corrected chi connectivity index (χ0v) is 12.9. The standard InChI is InChI=1S/C17H25FN2O/c1-3-10-20(15-7-5-14(19)6-8-15)17(21)13-4-9-16(18)12(2)11-13/h4,9,11,14-15H,3,5-8,10,19H2,1-2H3. The van der Waals surface area contributed by atoms with E-state index < -0.39 is 0 Å². The number of carbonyl (C=O) groups excluding carboxylic acids is 1. The fourth-order valence-corrected chi connectivity index (χ4v) is 3.05. The highest BCUT2D eigenvalue weighted by molar-refractivity contribution is 5.94. The fraction of sp³-hybridized carbons (Fsp3) is 0.588. The lowest BCUT2D eigenvalue weighted by atomic mass is 9.90. The number of nitrogens with two attached hydrogens (primary N) is 1. The predicted molar refractivity (Wildman–Crippen MR) is 82.7 cm³/mol. The van der Waals surface area contributed by atoms with Gasteiger partial charge in [-0.05, 0) is 62.8 Å². The zero-order valence-electron chi connectivity index (χ0n) is 12.9. The molecule has 1 aliphatic carbocycles. The lowest BCUT2D eigenvalue weighted by Crippen LogP contribution is -2.44. The topological polar surface area (TPSA) is 46.3 Å². The van der Waals surface area contributed by atoms with E-state index >= 15 is 0 Å². The summed E-state index contributed by atoms with van der Waals surface area (Å²) in [5.41, 5.74) is 7.05. The molecule has 1 aromatic rings. The Balaban J connectivity index is 2.16. The van der Waals surface area contributed by atoms with Crippen LogP contribution in [-0.4, -0.2) is 29.4 Å². The number of rotatable bonds is 4. The van der Waals surface area contributed by atoms with E-state index in [9.17, 15) is 9.18 Å². The minimum atomic E-state index is -0.266. The largest absolute Gasteiger partial charge is 0.336 e. The van der Waals surface area contributed by atoms with E-state index in [1.54, 1.807) is 19.1 Å². The van der Waals surface area contributed by atoms with Gasteiger partial charge in [0.15, 0.2) is 0 Å². The quantitative estimate of drug-likeness (QED) is 0.926. The van der Waals surface area contributed by atoms with Gasteiger partial charge in [0.05, 0.1) is 0 Å². The molecule has 1 aliphatic rings. The molecule has 0 aromatic heterocycles. The van der Waals surface area contributed by atoms with Gasteiger partial charge in [0.25, 0.3) is 5.91 Å². The van der Waals surface area contributed by atoms with Crippen LogP contribution in [0, 0.1) is 12.7 Å². The Hall–Kier alpha value is -1.42. The van der Waals surface area contributed by atoms with Crippen LogP contribution in [0.1, 0.15) is 54.9 Å². The van der Waals surface area contributed by atoms with Crippen LogP contribution in [0.25, 0.3) is 0 Å². The van der Waals surface area contributed by atoms with Gasteiger partial charge >= 0.3 is 0 Å². The molecule has 0 spiro atoms. The molecule has 3 nitrogen and oxygen atoms in total. The van der Waals surface area contributed by atoms with Crippen LogP contribution in [0.4, 0.5) is 4.39 Å². The highest BCUT2D eigenvalue weighted by Gasteiger charge is 2.27. The van der Waals surface area contributed by atoms with Crippen LogP contribution < -0.4 is 5.73 Å². The molecule has 0 radical (unpaired) electrons. The van der Waals surface area contributed by atoms with Crippen LogP contribution in [-0.2, 0) is 0 Å². The fourth-order valence-electron chi connectivity index (χ4n) is 3.05. The average molecular weight is 292 g/mol. The molecule has 1 saturated carbocycles. The number of carbonyl (C=O) groups is 1. The molecule has 0 heterocycles. The van der Waals surface area contributed by atoms with Crippen LogP contribution in [0.2, 0.25) is 0 Å². The second-order valence-electron chi connectivity index (χ2n) is 6.03. The third-order valence-corrected chi connectivity index (χ3v) is 4.31. The lowest BCUT2D eigenvalue weighted by molar-refractivity contribution is 0.0626. The Labute approximate surface area is 126 Å². The van der Waals surface area contributed by atoms with E-state index in [1.165, 1.54) is 6.07 Å². The monoisotopic (exact) mass is 292 g/mol. The first kappa shape index (κ1) is 16.0. The van der Waals surface area contributed by atoms with Gasteiger partial charge in [0.1, 0.15) is 5.82 Å². The molecule has 116 valence electrons. The molecule has 0 saturated heterocycles. The number of amides is 1. The first-order chi connectivity index (χ1) is 10.0. The predicted octanol–water partition coefficient (Wildman–Crippen LogP) is 3.26. The Kier molecular flexibility index (Phi) is 5.34. The van der Waals surface area contributed by atoms with Crippen molar-refractivity contribution >= 4 is 5.91 Å². The van der Waals surface area contributed by atoms with Crippen molar-refractivity contribution in [2.24, 2.45) is 5.73 Å². The molecule has 1 aromatic carbocycles. The highest BCUT2D eigenvalue weighted by Crippen LogP contribution is 2.24. The van der Waals surface area contributed by atoms with Crippen molar-refractivity contribution < 1.29 is 9.18 Å². The summed E-state index contributed by atoms with van der Waals surface area (Å²) < 4.78 is 13.4. The lowest BCUT2D eigenvalue weighted by Gasteiger charge is -2.36. The maximum absolute atomic E-state index is 13.4. The van der Waals surface area contributed by atoms with E-state index in [0.29, 0.717) is 11.1 Å². The van der Waals surface area contributed by atoms with E-state index in [2.05, 4.69) is 6.92 Å². The van der Waals surface area contributed by atoms with E-state index in [0.717, 1.165) is 38.6 Å². The molecule has 0 atom stereocenters. The highest BCUT2D eigenvalue weighted by atomic mass is 19.1. The summed E-state index contributed by atoms with van der Waals surface area (Å²) in [7, 11) is 0. The van der Waals surface area contributed by atoms with Gasteiger partial charge in [-0.2, -0.15) is 0 Å². The Morgan fingerprint density at radius 3 is 2.57 bits per heavy atom. The number of benzene rings is 1. The molecule has 1 fully saturated rings. The van der Waals surface area contributed by atoms with Gasteiger partial charge < -0.3 is 10.6 Å². The first-order valence-corrected chi connectivity index (χ1v) is 7.85. The van der Waals surface area contributed by atoms with Crippen molar-refractivity contribution in [3.05, 3.63) is 35.1 Å². The number of nitrogens with zero attached hydrogens (tertiary/aromatic N) is 1. The first-order valence-electron chi connectivity index (χ1n) is 7.85. The van der Waals surface area contributed by atoms with Crippen molar-refractivity contribution in [2.75, 3.05) is 6.54 Å². The Bertz CT molecular complexity index is 496. The zero-order chi connectivity index (χ0) is 15.4. The van der Waals surface area contributed by atoms with Gasteiger partial charge in [0.2, 0.25) is 0 Å². The molecule has 2 rings (SSSR count). The van der Waals surface area contributed by atoms with Crippen LogP contribution in [0.3, 0.4) is 0 Å². The van der Waals surface area contributed by atoms with Crippen molar-refractivity contribution in [1.29, 1.82) is 0 Å². The van der Waals surface area contributed by atoms with E-state index in [-0.39, 0.29) is 23.8 Å². The molecular formula is C17H25FN2O. The van der Waals surface area contributed by atoms with Crippen LogP contribution in [0.15, 0.2) is 18.2 Å². The number of halogens is 1. The summed E-state index contributed by atoms with van der Waals surface area (Å²) in [5, 5.41) is 0. The Morgan fingerprint density at radius 2 is 2.00 bits per heavy atom. The SMILES string of the molecule is CCCN(C(=O)c1ccc(F)c(C)c1)C1CCC(N)CC1. The number of aryl methyl sites for hydroxylation is 1. The molecule has 1 amide bonds. The smallest absolute Gasteiger partial charge is 0.254 e. The second kappa shape index (κ2) is 7.03. The third-order valence-electron chi connectivity index (χ3n) is 4.31. The summed E-state index contributed by atoms with van der Waals surface area (Å²) in [5.74, 6) is -0.252. The number of hydrogen-bond donors (Lipinski definition) is 1. The summed E-state index contributed by atoms with van der Waals surface area (Å²) in [4.78, 5) is 14.7. The Morgan fingerprint density at radius 1 is 1.33 bits per heavy atom. The van der Waals surface area contributed by atoms with Crippen molar-refractivity contribution in [3.63, 3.8) is 0 Å². The molecule has 2 N–H and O–H groups in total. The van der Waals surface area contributed by atoms with Crippen molar-refractivity contribution in [2.45, 2.75) is 58.0 Å². The summed E-state index contributed by atoms with van der Waals surface area (Å²) in [6.45, 7) is 4.51. The molecule has 4 heteroatoms. The minimum Gasteiger partial charge on any atom is -0.336 e. The maximum Gasteiger partial charge on any atom is 0.254 e. The summed E-state index contributed by atoms with van der Waals surface area (Å²) in [6.07, 6.45) is 4.80. The van der Waals surface area contributed by atoms with Gasteiger partial charge in [0, 0.05) is 24.2 Å². The molecule has 0 bridgehead atoms. The summed E-state index contributed by atoms with van der Waals surface area (Å²) >= 11 is 0. The van der Waals surface area contributed by atoms with E-state index in [1.807, 2.05) is 4.90 Å². The second-order valence-corrected chi connectivity index (χ2v) is 6.03. The third kappa shape index (κ3) is 3.82. The maximum atomic E-state index is 13.4. The van der Waals surface area contributed by atoms with E-state index in [4.69, 9.17) is 5.73 Å². The van der Waals surface area contributed by atoms with Crippen LogP contribution in [0.5, 0.6) is 0 Å². The van der Waals surface area contributed by atoms with Gasteiger partial charge in [-0.15, -0.1) is 0 Å². The molecule has 0 aliphatic heterocycles. The van der Waals surface area contributed by atoms with Gasteiger partial charge in [-0.1, -0.05) is 6.92 Å². The van der Waals surface area contributed by atoms with Crippen molar-refractivity contribution in [3.8, 4) is 0 Å². The number of hydrogen-bond acceptors (Lipinski definition) is 2. The van der Waals surface area contributed by atoms with Gasteiger partial charge in [-0.3, -0.25) is 4.79 Å². The normalized spacial score (nSPS) is 22.1. The van der Waals surface area contributed by atoms with Gasteiger partial charge in [-0.25, -0.2) is 4.39 Å². The molecule has 0 unspecified atom stereocenters. The average Bonchev–Trinajstić information content (AvgIpc) is 2.48. The molecule has 21 heavy (non-hydrogen) atoms. The molecular weight excluding hydrogens is 267 g/mol. The summed E-state index contributed by atoms with van der Waals surface area (Å²) in [6, 6.07) is 5.15. The minimum absolute atomic E-state index is 0.0143. The van der Waals surface area contributed by atoms with Crippen molar-refractivity contribution in [1.82, 2.24) is 4.90 Å². The van der Waals surface area contributed by atoms with Crippen LogP contribution >= 0.6 is 0 Å².